The Morgan fingerprint density at radius 3 is 2.18 bits per heavy atom. The van der Waals surface area contributed by atoms with Gasteiger partial charge >= 0.3 is 6.09 Å². The number of carbonyl (C=O) groups excluding carboxylic acids is 3. The average molecular weight is 826 g/mol. The van der Waals surface area contributed by atoms with Gasteiger partial charge in [-0.05, 0) is 141 Å². The van der Waals surface area contributed by atoms with Crippen LogP contribution in [-0.4, -0.2) is 86.2 Å². The van der Waals surface area contributed by atoms with Gasteiger partial charge in [-0.2, -0.15) is 5.21 Å². The second kappa shape index (κ2) is 20.2. The number of tetrazole rings is 1. The molecule has 2 aliphatic carbocycles. The summed E-state index contributed by atoms with van der Waals surface area (Å²) in [5.41, 5.74) is 7.08. The van der Waals surface area contributed by atoms with Crippen LogP contribution >= 0.6 is 0 Å². The smallest absolute Gasteiger partial charge is 0.404 e. The highest BCUT2D eigenvalue weighted by atomic mass is 16.4. The standard InChI is InChI=1S/C47H55N9O5/c1-30-26-37(45(58)49-39-21-23-40(24-22-39)56(2)29-33-6-4-3-5-7-33)18-25-41(30)34-12-8-31(9-13-34)27-42(51-44(57)36-14-10-32(11-15-36)28-48-47(60)61)46(59)50-38-19-16-35(17-20-38)43-52-54-55-53-43/h3-9,12-13,16-20,25-26,32,36,39-40,42,48H,10-11,14-15,21-24,27-29H2,1-2H3,(H,49,58)(H,50,59)(H,51,57)(H,60,61)(H,52,53,54,55)/t32?,36?,39?,40?,42-/m0/s1. The highest BCUT2D eigenvalue weighted by Gasteiger charge is 2.30. The van der Waals surface area contributed by atoms with Gasteiger partial charge in [-0.25, -0.2) is 4.79 Å². The fourth-order valence-corrected chi connectivity index (χ4v) is 8.69. The van der Waals surface area contributed by atoms with E-state index in [1.165, 1.54) is 5.56 Å². The molecule has 1 heterocycles. The molecule has 2 saturated carbocycles. The van der Waals surface area contributed by atoms with Crippen molar-refractivity contribution in [2.24, 2.45) is 11.8 Å². The van der Waals surface area contributed by atoms with Gasteiger partial charge in [0.1, 0.15) is 6.04 Å². The summed E-state index contributed by atoms with van der Waals surface area (Å²) in [6, 6.07) is 31.2. The molecule has 1 atom stereocenters. The second-order valence-electron chi connectivity index (χ2n) is 16.6. The summed E-state index contributed by atoms with van der Waals surface area (Å²) in [5, 5.41) is 34.7. The van der Waals surface area contributed by atoms with Crippen LogP contribution in [0.2, 0.25) is 0 Å². The van der Waals surface area contributed by atoms with E-state index in [2.05, 4.69) is 78.1 Å². The molecule has 0 saturated heterocycles. The molecule has 0 spiro atoms. The molecule has 0 radical (unpaired) electrons. The molecule has 2 fully saturated rings. The van der Waals surface area contributed by atoms with Crippen molar-refractivity contribution in [2.45, 2.75) is 89.4 Å². The minimum Gasteiger partial charge on any atom is -0.465 e. The second-order valence-corrected chi connectivity index (χ2v) is 16.6. The van der Waals surface area contributed by atoms with Crippen LogP contribution in [0, 0.1) is 18.8 Å². The number of rotatable bonds is 15. The summed E-state index contributed by atoms with van der Waals surface area (Å²) < 4.78 is 0. The zero-order chi connectivity index (χ0) is 42.7. The lowest BCUT2D eigenvalue weighted by Gasteiger charge is -2.35. The van der Waals surface area contributed by atoms with E-state index < -0.39 is 12.1 Å². The Kier molecular flexibility index (Phi) is 14.2. The first kappa shape index (κ1) is 42.7. The van der Waals surface area contributed by atoms with Crippen molar-refractivity contribution in [1.29, 1.82) is 0 Å². The lowest BCUT2D eigenvalue weighted by Crippen LogP contribution is -2.48. The minimum atomic E-state index is -1.05. The maximum Gasteiger partial charge on any atom is 0.404 e. The van der Waals surface area contributed by atoms with E-state index in [4.69, 9.17) is 5.11 Å². The fraction of sp³-hybridized carbons (Fsp3) is 0.383. The van der Waals surface area contributed by atoms with Crippen LogP contribution < -0.4 is 21.3 Å². The SMILES string of the molecule is Cc1cc(C(=O)NC2CCC(N(C)Cc3ccccc3)CC2)ccc1-c1ccc(C[C@H](NC(=O)C2CCC(CNC(=O)O)CC2)C(=O)Nc2ccc(-c3nn[nH]n3)cc2)cc1. The van der Waals surface area contributed by atoms with E-state index in [1.54, 1.807) is 24.3 Å². The number of nitrogens with one attached hydrogen (secondary N) is 5. The number of carboxylic acid groups (broad SMARTS) is 1. The van der Waals surface area contributed by atoms with E-state index in [0.717, 1.165) is 72.9 Å². The normalized spacial score (nSPS) is 19.4. The zero-order valence-electron chi connectivity index (χ0n) is 34.8. The maximum absolute atomic E-state index is 13.8. The van der Waals surface area contributed by atoms with Gasteiger partial charge in [0.15, 0.2) is 0 Å². The van der Waals surface area contributed by atoms with E-state index in [-0.39, 0.29) is 42.0 Å². The Bertz CT molecular complexity index is 2230. The number of benzene rings is 4. The fourth-order valence-electron chi connectivity index (χ4n) is 8.69. The first-order chi connectivity index (χ1) is 29.6. The van der Waals surface area contributed by atoms with Crippen LogP contribution in [0.3, 0.4) is 0 Å². The average Bonchev–Trinajstić information content (AvgIpc) is 3.82. The van der Waals surface area contributed by atoms with Gasteiger partial charge in [0.05, 0.1) is 0 Å². The monoisotopic (exact) mass is 825 g/mol. The number of aromatic amines is 1. The number of aromatic nitrogens is 4. The van der Waals surface area contributed by atoms with Gasteiger partial charge in [-0.1, -0.05) is 60.7 Å². The summed E-state index contributed by atoms with van der Waals surface area (Å²) in [5.74, 6) is -0.247. The van der Waals surface area contributed by atoms with E-state index >= 15 is 0 Å². The first-order valence-corrected chi connectivity index (χ1v) is 21.2. The van der Waals surface area contributed by atoms with Crippen molar-refractivity contribution in [1.82, 2.24) is 41.5 Å². The highest BCUT2D eigenvalue weighted by Crippen LogP contribution is 2.30. The summed E-state index contributed by atoms with van der Waals surface area (Å²) >= 11 is 0. The molecule has 14 nitrogen and oxygen atoms in total. The molecule has 4 amide bonds. The van der Waals surface area contributed by atoms with Gasteiger partial charge in [0.2, 0.25) is 17.6 Å². The Labute approximate surface area is 356 Å². The predicted molar refractivity (Wildman–Crippen MR) is 233 cm³/mol. The van der Waals surface area contributed by atoms with Crippen LogP contribution in [0.4, 0.5) is 10.5 Å². The van der Waals surface area contributed by atoms with Crippen molar-refractivity contribution < 1.29 is 24.3 Å². The lowest BCUT2D eigenvalue weighted by atomic mass is 9.81. The van der Waals surface area contributed by atoms with Crippen molar-refractivity contribution in [3.63, 3.8) is 0 Å². The molecule has 14 heteroatoms. The van der Waals surface area contributed by atoms with Gasteiger partial charge < -0.3 is 26.4 Å². The third-order valence-electron chi connectivity index (χ3n) is 12.3. The van der Waals surface area contributed by atoms with Crippen molar-refractivity contribution in [3.8, 4) is 22.5 Å². The van der Waals surface area contributed by atoms with E-state index in [1.807, 2.05) is 55.5 Å². The molecule has 6 N–H and O–H groups in total. The molecule has 0 unspecified atom stereocenters. The molecule has 61 heavy (non-hydrogen) atoms. The number of amides is 4. The third kappa shape index (κ3) is 11.7. The van der Waals surface area contributed by atoms with Gasteiger partial charge in [0.25, 0.3) is 5.91 Å². The molecular weight excluding hydrogens is 771 g/mol. The molecule has 5 aromatic rings. The minimum absolute atomic E-state index is 0.0522. The van der Waals surface area contributed by atoms with Crippen LogP contribution in [0.5, 0.6) is 0 Å². The molecular formula is C47H55N9O5. The molecule has 1 aromatic heterocycles. The molecule has 0 aliphatic heterocycles. The number of hydrogen-bond acceptors (Lipinski definition) is 8. The van der Waals surface area contributed by atoms with Crippen LogP contribution in [0.1, 0.15) is 78.4 Å². The topological polar surface area (TPSA) is 194 Å². The Morgan fingerprint density at radius 2 is 1.52 bits per heavy atom. The number of H-pyrrole nitrogens is 1. The van der Waals surface area contributed by atoms with Crippen molar-refractivity contribution in [2.75, 3.05) is 18.9 Å². The third-order valence-corrected chi connectivity index (χ3v) is 12.3. The van der Waals surface area contributed by atoms with Gasteiger partial charge in [0, 0.05) is 54.3 Å². The summed E-state index contributed by atoms with van der Waals surface area (Å²) in [6.45, 7) is 3.30. The highest BCUT2D eigenvalue weighted by molar-refractivity contribution is 5.98. The van der Waals surface area contributed by atoms with Crippen molar-refractivity contribution in [3.05, 3.63) is 119 Å². The number of aryl methyl sites for hydroxylation is 1. The molecule has 7 rings (SSSR count). The number of nitrogens with zero attached hydrogens (tertiary/aromatic N) is 4. The Balaban J connectivity index is 0.961. The summed E-state index contributed by atoms with van der Waals surface area (Å²) in [7, 11) is 2.19. The van der Waals surface area contributed by atoms with Crippen LogP contribution in [0.25, 0.3) is 22.5 Å². The van der Waals surface area contributed by atoms with E-state index in [0.29, 0.717) is 42.5 Å². The van der Waals surface area contributed by atoms with Crippen LogP contribution in [-0.2, 0) is 22.6 Å². The van der Waals surface area contributed by atoms with Crippen LogP contribution in [0.15, 0.2) is 97.1 Å². The molecule has 318 valence electrons. The molecule has 0 bridgehead atoms. The Hall–Kier alpha value is -6.41. The number of anilines is 1. The van der Waals surface area contributed by atoms with E-state index in [9.17, 15) is 19.2 Å². The van der Waals surface area contributed by atoms with Crippen molar-refractivity contribution >= 4 is 29.5 Å². The first-order valence-electron chi connectivity index (χ1n) is 21.2. The number of carbonyl (C=O) groups is 4. The Morgan fingerprint density at radius 1 is 0.820 bits per heavy atom. The molecule has 4 aromatic carbocycles. The summed E-state index contributed by atoms with van der Waals surface area (Å²) in [6.07, 6.45) is 5.91. The zero-order valence-corrected chi connectivity index (χ0v) is 34.8. The summed E-state index contributed by atoms with van der Waals surface area (Å²) in [4.78, 5) is 54.2. The molecule has 2 aliphatic rings. The van der Waals surface area contributed by atoms with Gasteiger partial charge in [-0.3, -0.25) is 19.3 Å². The largest absolute Gasteiger partial charge is 0.465 e. The number of hydrogen-bond donors (Lipinski definition) is 6. The lowest BCUT2D eigenvalue weighted by molar-refractivity contribution is -0.130. The predicted octanol–water partition coefficient (Wildman–Crippen LogP) is 6.76. The van der Waals surface area contributed by atoms with Gasteiger partial charge in [-0.15, -0.1) is 10.2 Å². The maximum atomic E-state index is 13.8. The quantitative estimate of drug-likeness (QED) is 0.0662.